The first-order valence-corrected chi connectivity index (χ1v) is 6.10. The van der Waals surface area contributed by atoms with Gasteiger partial charge in [0.25, 0.3) is 0 Å². The average Bonchev–Trinajstić information content (AvgIpc) is 2.21. The minimum atomic E-state index is 1.13. The van der Waals surface area contributed by atoms with Gasteiger partial charge in [0.15, 0.2) is 0 Å². The Balaban J connectivity index is 4.77. The van der Waals surface area contributed by atoms with E-state index in [-0.39, 0.29) is 0 Å². The topological polar surface area (TPSA) is 6.25 Å². The van der Waals surface area contributed by atoms with Crippen molar-refractivity contribution in [2.45, 2.75) is 47.5 Å². The van der Waals surface area contributed by atoms with E-state index in [2.05, 4.69) is 44.1 Å². The highest BCUT2D eigenvalue weighted by Crippen LogP contribution is 2.00. The molecule has 0 rings (SSSR count). The summed E-state index contributed by atoms with van der Waals surface area (Å²) in [6.07, 6.45) is 2.45. The van der Waals surface area contributed by atoms with E-state index in [1.807, 2.05) is 0 Å². The van der Waals surface area contributed by atoms with Gasteiger partial charge in [-0.25, -0.2) is 0 Å². The molecule has 0 aliphatic heterocycles. The van der Waals surface area contributed by atoms with Gasteiger partial charge in [-0.3, -0.25) is 9.48 Å². The van der Waals surface area contributed by atoms with Crippen molar-refractivity contribution in [3.63, 3.8) is 0 Å². The molecule has 0 aromatic carbocycles. The van der Waals surface area contributed by atoms with Crippen LogP contribution in [-0.2, 0) is 0 Å². The summed E-state index contributed by atoms with van der Waals surface area (Å²) in [5.74, 6) is 1.53. The highest BCUT2D eigenvalue weighted by molar-refractivity contribution is 5.77. The third-order valence-electron chi connectivity index (χ3n) is 2.73. The molecule has 14 heavy (non-hydrogen) atoms. The van der Waals surface area contributed by atoms with Crippen molar-refractivity contribution in [3.8, 4) is 0 Å². The highest BCUT2D eigenvalue weighted by atomic mass is 15.2. The standard InChI is InChI=1S/C12H27N2/c1-6-11-12(13(7-2)8-3)14(9-4)10-5/h6-11H2,1-5H3/q+1. The number of hydrogen-bond acceptors (Lipinski definition) is 0. The fourth-order valence-electron chi connectivity index (χ4n) is 1.92. The van der Waals surface area contributed by atoms with Crippen LogP contribution in [0.15, 0.2) is 0 Å². The van der Waals surface area contributed by atoms with Crippen LogP contribution in [0.3, 0.4) is 0 Å². The molecule has 0 aliphatic rings. The molecular formula is C12H27N2+. The van der Waals surface area contributed by atoms with E-state index in [4.69, 9.17) is 0 Å². The van der Waals surface area contributed by atoms with E-state index < -0.39 is 0 Å². The molecule has 0 heterocycles. The molecule has 2 nitrogen and oxygen atoms in total. The summed E-state index contributed by atoms with van der Waals surface area (Å²) >= 11 is 0. The lowest BCUT2D eigenvalue weighted by atomic mass is 10.2. The number of nitrogens with zero attached hydrogens (tertiary/aromatic N) is 2. The zero-order valence-corrected chi connectivity index (χ0v) is 10.6. The maximum Gasteiger partial charge on any atom is 0.246 e. The fraction of sp³-hybridized carbons (Fsp3) is 0.917. The Morgan fingerprint density at radius 2 is 1.43 bits per heavy atom. The lowest BCUT2D eigenvalue weighted by Crippen LogP contribution is -2.38. The van der Waals surface area contributed by atoms with Gasteiger partial charge in [-0.05, 0) is 34.1 Å². The third-order valence-corrected chi connectivity index (χ3v) is 2.73. The van der Waals surface area contributed by atoms with Crippen molar-refractivity contribution in [3.05, 3.63) is 0 Å². The number of hydrogen-bond donors (Lipinski definition) is 0. The van der Waals surface area contributed by atoms with Gasteiger partial charge in [-0.15, -0.1) is 0 Å². The summed E-state index contributed by atoms with van der Waals surface area (Å²) in [7, 11) is 0. The van der Waals surface area contributed by atoms with Crippen LogP contribution in [0.25, 0.3) is 0 Å². The van der Waals surface area contributed by atoms with Crippen molar-refractivity contribution in [1.82, 2.24) is 4.90 Å². The minimum Gasteiger partial charge on any atom is -0.266 e. The molecule has 84 valence electrons. The average molecular weight is 199 g/mol. The predicted molar refractivity (Wildman–Crippen MR) is 64.2 cm³/mol. The molecule has 2 heteroatoms. The summed E-state index contributed by atoms with van der Waals surface area (Å²) in [4.78, 5) is 2.48. The van der Waals surface area contributed by atoms with Gasteiger partial charge in [-0.1, -0.05) is 6.92 Å². The van der Waals surface area contributed by atoms with Crippen molar-refractivity contribution in [1.29, 1.82) is 0 Å². The second-order valence-electron chi connectivity index (χ2n) is 3.51. The third kappa shape index (κ3) is 3.69. The first-order valence-electron chi connectivity index (χ1n) is 6.10. The van der Waals surface area contributed by atoms with Crippen LogP contribution in [0.2, 0.25) is 0 Å². The molecule has 0 unspecified atom stereocenters. The van der Waals surface area contributed by atoms with Crippen molar-refractivity contribution in [2.75, 3.05) is 26.2 Å². The second-order valence-corrected chi connectivity index (χ2v) is 3.51. The van der Waals surface area contributed by atoms with Gasteiger partial charge in [-0.2, -0.15) is 0 Å². The zero-order chi connectivity index (χ0) is 11.0. The Labute approximate surface area is 89.6 Å². The van der Waals surface area contributed by atoms with Crippen LogP contribution in [0.1, 0.15) is 47.5 Å². The van der Waals surface area contributed by atoms with E-state index in [1.165, 1.54) is 18.7 Å². The molecule has 0 saturated carbocycles. The maximum atomic E-state index is 2.48. The zero-order valence-electron chi connectivity index (χ0n) is 10.6. The molecule has 0 bridgehead atoms. The molecule has 0 amide bonds. The van der Waals surface area contributed by atoms with Crippen LogP contribution >= 0.6 is 0 Å². The van der Waals surface area contributed by atoms with Crippen LogP contribution in [-0.4, -0.2) is 41.5 Å². The summed E-state index contributed by atoms with van der Waals surface area (Å²) in [5.41, 5.74) is 0. The fourth-order valence-corrected chi connectivity index (χ4v) is 1.92. The molecule has 0 N–H and O–H groups in total. The number of rotatable bonds is 6. The van der Waals surface area contributed by atoms with E-state index in [0.717, 1.165) is 26.2 Å². The highest BCUT2D eigenvalue weighted by Gasteiger charge is 2.17. The molecule has 0 aromatic rings. The molecule has 0 fully saturated rings. The first kappa shape index (κ1) is 13.5. The van der Waals surface area contributed by atoms with Crippen molar-refractivity contribution >= 4 is 5.84 Å². The quantitative estimate of drug-likeness (QED) is 0.362. The van der Waals surface area contributed by atoms with Crippen LogP contribution < -0.4 is 0 Å². The van der Waals surface area contributed by atoms with Gasteiger partial charge in [0.05, 0.1) is 26.2 Å². The van der Waals surface area contributed by atoms with Gasteiger partial charge >= 0.3 is 0 Å². The Bertz CT molecular complexity index is 163. The largest absolute Gasteiger partial charge is 0.266 e. The SMILES string of the molecule is CCCC(N(CC)CC)=[N+](CC)CC. The van der Waals surface area contributed by atoms with Gasteiger partial charge in [0.1, 0.15) is 0 Å². The van der Waals surface area contributed by atoms with Crippen LogP contribution in [0.5, 0.6) is 0 Å². The molecular weight excluding hydrogens is 172 g/mol. The molecule has 0 spiro atoms. The van der Waals surface area contributed by atoms with Gasteiger partial charge in [0, 0.05) is 6.42 Å². The minimum absolute atomic E-state index is 1.13. The number of amidine groups is 1. The molecule has 0 atom stereocenters. The monoisotopic (exact) mass is 199 g/mol. The second kappa shape index (κ2) is 7.84. The lowest BCUT2D eigenvalue weighted by molar-refractivity contribution is -0.526. The van der Waals surface area contributed by atoms with Crippen molar-refractivity contribution < 1.29 is 4.58 Å². The Morgan fingerprint density at radius 1 is 0.929 bits per heavy atom. The summed E-state index contributed by atoms with van der Waals surface area (Å²) < 4.78 is 2.48. The van der Waals surface area contributed by atoms with E-state index >= 15 is 0 Å². The van der Waals surface area contributed by atoms with E-state index in [0.29, 0.717) is 0 Å². The van der Waals surface area contributed by atoms with Crippen LogP contribution in [0.4, 0.5) is 0 Å². The van der Waals surface area contributed by atoms with Crippen LogP contribution in [0, 0.1) is 0 Å². The molecule has 0 radical (unpaired) electrons. The maximum absolute atomic E-state index is 2.48. The summed E-state index contributed by atoms with van der Waals surface area (Å²) in [6.45, 7) is 15.7. The smallest absolute Gasteiger partial charge is 0.246 e. The van der Waals surface area contributed by atoms with Crippen molar-refractivity contribution in [2.24, 2.45) is 0 Å². The van der Waals surface area contributed by atoms with Gasteiger partial charge in [0.2, 0.25) is 5.84 Å². The summed E-state index contributed by atoms with van der Waals surface area (Å²) in [6, 6.07) is 0. The summed E-state index contributed by atoms with van der Waals surface area (Å²) in [5, 5.41) is 0. The van der Waals surface area contributed by atoms with Gasteiger partial charge < -0.3 is 0 Å². The Kier molecular flexibility index (Phi) is 7.54. The molecule has 0 aliphatic carbocycles. The van der Waals surface area contributed by atoms with E-state index in [1.54, 1.807) is 0 Å². The predicted octanol–water partition coefficient (Wildman–Crippen LogP) is 2.58. The first-order chi connectivity index (χ1) is 6.74. The Morgan fingerprint density at radius 3 is 1.71 bits per heavy atom. The van der Waals surface area contributed by atoms with E-state index in [9.17, 15) is 0 Å². The normalized spacial score (nSPS) is 10.1. The molecule has 0 aromatic heterocycles. The Hall–Kier alpha value is -0.530. The lowest BCUT2D eigenvalue weighted by Gasteiger charge is -2.19. The molecule has 0 saturated heterocycles.